The molecule has 156 valence electrons. The van der Waals surface area contributed by atoms with Gasteiger partial charge in [-0.1, -0.05) is 41.5 Å². The lowest BCUT2D eigenvalue weighted by Crippen LogP contribution is -2.77. The quantitative estimate of drug-likeness (QED) is 0.398. The molecular weight excluding hydrogens is 379 g/mol. The van der Waals surface area contributed by atoms with E-state index in [1.165, 1.54) is 0 Å². The van der Waals surface area contributed by atoms with Gasteiger partial charge in [0.25, 0.3) is 0 Å². The summed E-state index contributed by atoms with van der Waals surface area (Å²) in [6, 6.07) is 0. The zero-order valence-corrected chi connectivity index (χ0v) is 17.2. The van der Waals surface area contributed by atoms with Crippen molar-refractivity contribution in [3.05, 3.63) is 0 Å². The third-order valence-corrected chi connectivity index (χ3v) is 10.3. The van der Waals surface area contributed by atoms with Gasteiger partial charge in [-0.05, 0) is 0 Å². The molecule has 0 unspecified atom stereocenters. The molecule has 1 saturated carbocycles. The molecule has 0 radical (unpaired) electrons. The van der Waals surface area contributed by atoms with Crippen molar-refractivity contribution >= 4 is 12.6 Å². The van der Waals surface area contributed by atoms with Crippen LogP contribution in [0.5, 0.6) is 0 Å². The average Bonchev–Trinajstić information content (AvgIpc) is 2.57. The van der Waals surface area contributed by atoms with Crippen molar-refractivity contribution in [3.8, 4) is 0 Å². The number of nitrogens with zero attached hydrogens (tertiary/aromatic N) is 3. The largest absolute Gasteiger partial charge is 0.380 e. The van der Waals surface area contributed by atoms with Gasteiger partial charge in [0.2, 0.25) is 0 Å². The van der Waals surface area contributed by atoms with Crippen molar-refractivity contribution in [2.24, 2.45) is 0 Å². The minimum atomic E-state index is -5.37. The van der Waals surface area contributed by atoms with Gasteiger partial charge < -0.3 is 0 Å². The lowest BCUT2D eigenvalue weighted by Gasteiger charge is -2.58. The molecule has 3 nitrogen and oxygen atoms in total. The van der Waals surface area contributed by atoms with Crippen molar-refractivity contribution in [2.45, 2.75) is 59.3 Å². The molecule has 1 fully saturated rings. The smallest absolute Gasteiger partial charge is 0.260 e. The van der Waals surface area contributed by atoms with Crippen molar-refractivity contribution in [3.63, 3.8) is 0 Å². The van der Waals surface area contributed by atoms with E-state index in [0.29, 0.717) is 0 Å². The fourth-order valence-corrected chi connectivity index (χ4v) is 9.14. The summed E-state index contributed by atoms with van der Waals surface area (Å²) in [5.74, 6) is -15.1. The first-order valence-electron chi connectivity index (χ1n) is 9.10. The Balaban J connectivity index is 4.13. The Morgan fingerprint density at radius 1 is 0.577 bits per heavy atom. The Labute approximate surface area is 152 Å². The normalized spacial score (nSPS) is 21.6. The summed E-state index contributed by atoms with van der Waals surface area (Å²) in [5.41, 5.74) is 0. The minimum Gasteiger partial charge on any atom is -0.260 e. The highest BCUT2D eigenvalue weighted by Crippen LogP contribution is 2.71. The van der Waals surface area contributed by atoms with Gasteiger partial charge in [0.15, 0.2) is 0 Å². The summed E-state index contributed by atoms with van der Waals surface area (Å²) in [6.07, 6.45) is 0. The van der Waals surface area contributed by atoms with Gasteiger partial charge in [-0.25, -0.2) is 0 Å². The lowest BCUT2D eigenvalue weighted by molar-refractivity contribution is -0.303. The predicted octanol–water partition coefficient (Wildman–Crippen LogP) is 4.87. The maximum Gasteiger partial charge on any atom is 0.380 e. The maximum atomic E-state index is 14.6. The molecule has 26 heavy (non-hydrogen) atoms. The fourth-order valence-electron chi connectivity index (χ4n) is 3.82. The molecule has 0 amide bonds. The third-order valence-electron chi connectivity index (χ3n) is 5.06. The molecule has 0 saturated heterocycles. The average molecular weight is 409 g/mol. The Hall–Kier alpha value is -0.240. The Kier molecular flexibility index (Phi) is 7.34. The van der Waals surface area contributed by atoms with Crippen LogP contribution in [0.4, 0.5) is 26.3 Å². The van der Waals surface area contributed by atoms with Crippen molar-refractivity contribution < 1.29 is 26.3 Å². The van der Waals surface area contributed by atoms with Gasteiger partial charge in [0, 0.05) is 39.3 Å². The van der Waals surface area contributed by atoms with Gasteiger partial charge in [-0.2, -0.15) is 26.3 Å². The Morgan fingerprint density at radius 2 is 0.808 bits per heavy atom. The van der Waals surface area contributed by atoms with Gasteiger partial charge in [0.1, 0.15) is 5.29 Å². The van der Waals surface area contributed by atoms with E-state index < -0.39 is 30.4 Å². The number of hydrogen-bond acceptors (Lipinski definition) is 3. The van der Waals surface area contributed by atoms with Crippen molar-refractivity contribution in [1.82, 2.24) is 14.0 Å². The monoisotopic (exact) mass is 409 g/mol. The van der Waals surface area contributed by atoms with E-state index in [1.807, 2.05) is 0 Å². The third kappa shape index (κ3) is 2.85. The number of halogens is 6. The van der Waals surface area contributed by atoms with Crippen LogP contribution in [-0.4, -0.2) is 76.3 Å². The molecule has 0 heterocycles. The van der Waals surface area contributed by atoms with Gasteiger partial charge in [-0.15, -0.1) is 0 Å². The number of rotatable bonds is 9. The first kappa shape index (κ1) is 23.8. The summed E-state index contributed by atoms with van der Waals surface area (Å²) < 4.78 is 90.3. The van der Waals surface area contributed by atoms with Crippen LogP contribution >= 0.6 is 7.34 Å². The van der Waals surface area contributed by atoms with Crippen LogP contribution in [0.25, 0.3) is 0 Å². The first-order valence-corrected chi connectivity index (χ1v) is 10.7. The van der Waals surface area contributed by atoms with Gasteiger partial charge in [-0.3, -0.25) is 14.0 Å². The molecule has 0 atom stereocenters. The molecule has 1 aliphatic rings. The predicted molar refractivity (Wildman–Crippen MR) is 95.5 cm³/mol. The lowest BCUT2D eigenvalue weighted by atomic mass is 9.84. The number of hydrogen-bond donors (Lipinski definition) is 0. The van der Waals surface area contributed by atoms with Crippen LogP contribution in [0.2, 0.25) is 0 Å². The molecule has 0 N–H and O–H groups in total. The van der Waals surface area contributed by atoms with E-state index in [1.54, 1.807) is 55.6 Å². The summed E-state index contributed by atoms with van der Waals surface area (Å²) in [6.45, 7) is 11.3. The van der Waals surface area contributed by atoms with Crippen molar-refractivity contribution in [1.29, 1.82) is 0 Å². The SMILES string of the molecule is CCN(CC)P(=C1C(F)(F)C(F)(F)C1(F)F)(N(CC)CC)N(CC)CC. The molecule has 0 spiro atoms. The molecule has 10 heteroatoms. The van der Waals surface area contributed by atoms with Crippen LogP contribution in [0.3, 0.4) is 0 Å². The van der Waals surface area contributed by atoms with Crippen LogP contribution in [0.1, 0.15) is 41.5 Å². The molecule has 1 aliphatic carbocycles. The van der Waals surface area contributed by atoms with E-state index in [-0.39, 0.29) is 39.3 Å². The second-order valence-corrected chi connectivity index (χ2v) is 9.34. The highest BCUT2D eigenvalue weighted by molar-refractivity contribution is 7.70. The van der Waals surface area contributed by atoms with Crippen molar-refractivity contribution in [2.75, 3.05) is 39.3 Å². The van der Waals surface area contributed by atoms with Crippen LogP contribution < -0.4 is 0 Å². The van der Waals surface area contributed by atoms with E-state index >= 15 is 0 Å². The molecule has 0 aliphatic heterocycles. The first-order chi connectivity index (χ1) is 11.9. The number of alkyl halides is 6. The van der Waals surface area contributed by atoms with E-state index in [0.717, 1.165) is 0 Å². The summed E-state index contributed by atoms with van der Waals surface area (Å²) >= 11 is 0. The molecule has 0 bridgehead atoms. The van der Waals surface area contributed by atoms with E-state index in [9.17, 15) is 26.3 Å². The maximum absolute atomic E-state index is 14.6. The summed E-state index contributed by atoms with van der Waals surface area (Å²) in [5, 5.41) is -1.60. The highest BCUT2D eigenvalue weighted by Gasteiger charge is 2.90. The molecule has 0 aromatic heterocycles. The zero-order chi connectivity index (χ0) is 20.6. The summed E-state index contributed by atoms with van der Waals surface area (Å²) in [4.78, 5) is 0. The zero-order valence-electron chi connectivity index (χ0n) is 16.3. The van der Waals surface area contributed by atoms with Gasteiger partial charge >= 0.3 is 17.8 Å². The second-order valence-electron chi connectivity index (χ2n) is 6.06. The fraction of sp³-hybridized carbons (Fsp3) is 0.938. The summed E-state index contributed by atoms with van der Waals surface area (Å²) in [7, 11) is -3.72. The molecule has 0 aromatic carbocycles. The van der Waals surface area contributed by atoms with Crippen LogP contribution in [0.15, 0.2) is 0 Å². The van der Waals surface area contributed by atoms with E-state index in [2.05, 4.69) is 0 Å². The highest BCUT2D eigenvalue weighted by atomic mass is 31.2. The van der Waals surface area contributed by atoms with Crippen LogP contribution in [-0.2, 0) is 0 Å². The van der Waals surface area contributed by atoms with Crippen LogP contribution in [0, 0.1) is 0 Å². The minimum absolute atomic E-state index is 0.207. The standard InChI is InChI=1S/C16H30F6N3P/c1-7-23(8-2)26(24(9-3)10-4,25(11-5)12-6)13-14(17,18)16(21,22)15(13,19)20/h7-12H2,1-6H3. The molecule has 0 aromatic rings. The molecular formula is C16H30F6N3P. The van der Waals surface area contributed by atoms with Gasteiger partial charge in [0.05, 0.1) is 7.34 Å². The second kappa shape index (κ2) is 8.02. The Bertz CT molecular complexity index is 482. The van der Waals surface area contributed by atoms with E-state index in [4.69, 9.17) is 0 Å². The molecule has 1 rings (SSSR count). The topological polar surface area (TPSA) is 9.72 Å². The Morgan fingerprint density at radius 3 is 1.00 bits per heavy atom.